The van der Waals surface area contributed by atoms with Crippen LogP contribution in [0.25, 0.3) is 33.5 Å². The number of fused-ring (bicyclic) bond motifs is 1. The number of rotatable bonds is 5. The highest BCUT2D eigenvalue weighted by Gasteiger charge is 2.72. The topological polar surface area (TPSA) is 153 Å². The van der Waals surface area contributed by atoms with Gasteiger partial charge in [0.05, 0.1) is 28.8 Å². The number of amides is 2. The van der Waals surface area contributed by atoms with E-state index in [1.54, 1.807) is 30.5 Å². The number of hydrogen-bond acceptors (Lipinski definition) is 6. The highest BCUT2D eigenvalue weighted by atomic mass is 19.3. The Bertz CT molecular complexity index is 1530. The molecule has 11 heteroatoms. The Morgan fingerprint density at radius 3 is 2.54 bits per heavy atom. The first-order valence-electron chi connectivity index (χ1n) is 10.7. The molecule has 2 aromatic carbocycles. The molecule has 2 heterocycles. The maximum atomic E-state index is 13.8. The van der Waals surface area contributed by atoms with E-state index in [9.17, 15) is 18.4 Å². The fraction of sp³-hybridized carbons (Fsp3) is 0.208. The quantitative estimate of drug-likeness (QED) is 0.344. The number of nitrogen functional groups attached to an aromatic ring is 1. The number of aromatic amines is 1. The van der Waals surface area contributed by atoms with Crippen LogP contribution in [-0.4, -0.2) is 37.9 Å². The number of para-hydroxylation sites is 1. The number of H-pyrrole nitrogens is 1. The Hall–Kier alpha value is -4.41. The largest absolute Gasteiger partial charge is 0.395 e. The third-order valence-electron chi connectivity index (χ3n) is 6.42. The van der Waals surface area contributed by atoms with Crippen molar-refractivity contribution in [3.8, 4) is 22.6 Å². The molecule has 1 saturated carbocycles. The molecule has 2 amide bonds. The van der Waals surface area contributed by atoms with Gasteiger partial charge in [0.2, 0.25) is 5.91 Å². The van der Waals surface area contributed by atoms with Gasteiger partial charge in [-0.1, -0.05) is 18.2 Å². The highest BCUT2D eigenvalue weighted by molar-refractivity contribution is 6.05. The number of hydrogen-bond donors (Lipinski definition) is 4. The van der Waals surface area contributed by atoms with Gasteiger partial charge in [0.15, 0.2) is 11.5 Å². The van der Waals surface area contributed by atoms with Crippen LogP contribution in [0.1, 0.15) is 29.4 Å². The minimum absolute atomic E-state index is 0.00954. The first kappa shape index (κ1) is 22.4. The number of aryl methyl sites for hydroxylation is 1. The van der Waals surface area contributed by atoms with Gasteiger partial charge in [0, 0.05) is 22.9 Å². The molecular weight excluding hydrogens is 456 g/mol. The number of halogens is 2. The van der Waals surface area contributed by atoms with Gasteiger partial charge >= 0.3 is 0 Å². The summed E-state index contributed by atoms with van der Waals surface area (Å²) in [5.41, 5.74) is 12.8. The minimum Gasteiger partial charge on any atom is -0.395 e. The van der Waals surface area contributed by atoms with Gasteiger partial charge < -0.3 is 16.8 Å². The van der Waals surface area contributed by atoms with Crippen LogP contribution < -0.4 is 16.8 Å². The van der Waals surface area contributed by atoms with Crippen LogP contribution in [0.2, 0.25) is 0 Å². The first-order valence-corrected chi connectivity index (χ1v) is 10.7. The van der Waals surface area contributed by atoms with E-state index >= 15 is 0 Å². The van der Waals surface area contributed by atoms with Crippen molar-refractivity contribution < 1.29 is 18.4 Å². The Balaban J connectivity index is 1.68. The van der Waals surface area contributed by atoms with Crippen molar-refractivity contribution in [2.45, 2.75) is 26.2 Å². The van der Waals surface area contributed by atoms with E-state index < -0.39 is 29.6 Å². The molecule has 9 nitrogen and oxygen atoms in total. The van der Waals surface area contributed by atoms with Crippen LogP contribution >= 0.6 is 0 Å². The molecule has 0 saturated heterocycles. The zero-order chi connectivity index (χ0) is 25.1. The van der Waals surface area contributed by atoms with E-state index in [4.69, 9.17) is 11.5 Å². The smallest absolute Gasteiger partial charge is 0.269 e. The molecule has 35 heavy (non-hydrogen) atoms. The summed E-state index contributed by atoms with van der Waals surface area (Å²) >= 11 is 0. The third kappa shape index (κ3) is 3.47. The van der Waals surface area contributed by atoms with Crippen LogP contribution in [0.5, 0.6) is 0 Å². The second-order valence-electron chi connectivity index (χ2n) is 8.82. The number of alkyl halides is 2. The van der Waals surface area contributed by atoms with Crippen molar-refractivity contribution in [1.82, 2.24) is 20.2 Å². The molecule has 4 aromatic rings. The van der Waals surface area contributed by atoms with E-state index in [0.717, 1.165) is 16.5 Å². The number of anilines is 2. The second kappa shape index (κ2) is 7.55. The van der Waals surface area contributed by atoms with Crippen LogP contribution in [0.4, 0.5) is 20.2 Å². The lowest BCUT2D eigenvalue weighted by molar-refractivity contribution is -0.123. The predicted octanol–water partition coefficient (Wildman–Crippen LogP) is 3.66. The Kier molecular flexibility index (Phi) is 4.83. The summed E-state index contributed by atoms with van der Waals surface area (Å²) < 4.78 is 27.5. The molecule has 1 fully saturated rings. The molecule has 6 N–H and O–H groups in total. The Morgan fingerprint density at radius 2 is 1.86 bits per heavy atom. The average Bonchev–Trinajstić information content (AvgIpc) is 3.11. The van der Waals surface area contributed by atoms with Gasteiger partial charge in [0.1, 0.15) is 5.41 Å². The fourth-order valence-electron chi connectivity index (χ4n) is 4.10. The molecular formula is C24H21F2N7O2. The van der Waals surface area contributed by atoms with Gasteiger partial charge in [-0.3, -0.25) is 14.7 Å². The summed E-state index contributed by atoms with van der Waals surface area (Å²) in [6, 6.07) is 10.2. The lowest BCUT2D eigenvalue weighted by atomic mass is 9.99. The van der Waals surface area contributed by atoms with Crippen molar-refractivity contribution in [2.75, 3.05) is 11.1 Å². The molecule has 1 aliphatic rings. The van der Waals surface area contributed by atoms with E-state index in [1.807, 2.05) is 19.1 Å². The van der Waals surface area contributed by atoms with Gasteiger partial charge in [-0.05, 0) is 37.6 Å². The number of aromatic nitrogens is 4. The van der Waals surface area contributed by atoms with E-state index in [-0.39, 0.29) is 28.6 Å². The van der Waals surface area contributed by atoms with Crippen LogP contribution in [-0.2, 0) is 4.79 Å². The molecule has 0 aliphatic heterocycles. The number of nitrogens with two attached hydrogens (primary N) is 2. The highest BCUT2D eigenvalue weighted by Crippen LogP contribution is 2.60. The lowest BCUT2D eigenvalue weighted by Crippen LogP contribution is -2.27. The number of nitrogens with one attached hydrogen (secondary N) is 2. The fourth-order valence-corrected chi connectivity index (χ4v) is 4.10. The standard InChI is InChI=1S/C24H21F2N7O2/c1-11-7-8-15-13(9-29-33-15)16(11)18-17(27)19(20(28)34)32-21(31-18)12-5-3-4-6-14(12)30-22(35)23(2)10-24(23,25)26/h3-9H,10,27H2,1-2H3,(H2,28,34)(H,29,33)(H,30,35). The number of benzene rings is 2. The van der Waals surface area contributed by atoms with E-state index in [1.165, 1.54) is 6.92 Å². The molecule has 5 rings (SSSR count). The van der Waals surface area contributed by atoms with Crippen molar-refractivity contribution in [2.24, 2.45) is 11.1 Å². The van der Waals surface area contributed by atoms with Gasteiger partial charge in [-0.25, -0.2) is 18.7 Å². The molecule has 0 radical (unpaired) electrons. The maximum absolute atomic E-state index is 13.8. The summed E-state index contributed by atoms with van der Waals surface area (Å²) in [7, 11) is 0. The predicted molar refractivity (Wildman–Crippen MR) is 127 cm³/mol. The summed E-state index contributed by atoms with van der Waals surface area (Å²) in [4.78, 5) is 33.8. The van der Waals surface area contributed by atoms with Gasteiger partial charge in [0.25, 0.3) is 11.8 Å². The molecule has 1 unspecified atom stereocenters. The molecule has 178 valence electrons. The molecule has 2 aromatic heterocycles. The Labute approximate surface area is 197 Å². The Morgan fingerprint density at radius 1 is 1.14 bits per heavy atom. The summed E-state index contributed by atoms with van der Waals surface area (Å²) in [5, 5.41) is 10.2. The van der Waals surface area contributed by atoms with Gasteiger partial charge in [-0.2, -0.15) is 5.10 Å². The lowest BCUT2D eigenvalue weighted by Gasteiger charge is -2.16. The van der Waals surface area contributed by atoms with Crippen molar-refractivity contribution in [3.63, 3.8) is 0 Å². The molecule has 1 aliphatic carbocycles. The number of carbonyl (C=O) groups excluding carboxylic acids is 2. The van der Waals surface area contributed by atoms with Gasteiger partial charge in [-0.15, -0.1) is 0 Å². The molecule has 0 bridgehead atoms. The van der Waals surface area contributed by atoms with Crippen LogP contribution in [0.3, 0.4) is 0 Å². The zero-order valence-electron chi connectivity index (χ0n) is 18.8. The van der Waals surface area contributed by atoms with E-state index in [2.05, 4.69) is 25.5 Å². The number of nitrogens with zero attached hydrogens (tertiary/aromatic N) is 3. The van der Waals surface area contributed by atoms with Crippen LogP contribution in [0, 0.1) is 12.3 Å². The first-order chi connectivity index (χ1) is 16.5. The molecule has 0 spiro atoms. The summed E-state index contributed by atoms with van der Waals surface area (Å²) in [6.07, 6.45) is 1.09. The zero-order valence-corrected chi connectivity index (χ0v) is 18.8. The number of primary amides is 1. The van der Waals surface area contributed by atoms with E-state index in [0.29, 0.717) is 11.1 Å². The molecule has 1 atom stereocenters. The van der Waals surface area contributed by atoms with Crippen molar-refractivity contribution >= 4 is 34.1 Å². The monoisotopic (exact) mass is 477 g/mol. The van der Waals surface area contributed by atoms with Crippen molar-refractivity contribution in [1.29, 1.82) is 0 Å². The second-order valence-corrected chi connectivity index (χ2v) is 8.82. The SMILES string of the molecule is Cc1ccc2[nH]ncc2c1-c1nc(-c2ccccc2NC(=O)C2(C)CC2(F)F)nc(C(N)=O)c1N. The van der Waals surface area contributed by atoms with Crippen molar-refractivity contribution in [3.05, 3.63) is 53.9 Å². The van der Waals surface area contributed by atoms with Crippen LogP contribution in [0.15, 0.2) is 42.6 Å². The summed E-state index contributed by atoms with van der Waals surface area (Å²) in [6.45, 7) is 3.07. The normalized spacial score (nSPS) is 18.4. The summed E-state index contributed by atoms with van der Waals surface area (Å²) in [5.74, 6) is -4.71. The number of carbonyl (C=O) groups is 2. The average molecular weight is 477 g/mol. The minimum atomic E-state index is -3.07. The third-order valence-corrected chi connectivity index (χ3v) is 6.42. The maximum Gasteiger partial charge on any atom is 0.269 e.